The second-order valence-corrected chi connectivity index (χ2v) is 5.15. The normalized spacial score (nSPS) is 27.4. The van der Waals surface area contributed by atoms with Crippen molar-refractivity contribution in [3.8, 4) is 0 Å². The summed E-state index contributed by atoms with van der Waals surface area (Å²) in [6.07, 6.45) is 3.19. The lowest BCUT2D eigenvalue weighted by Gasteiger charge is -2.21. The Morgan fingerprint density at radius 3 is 2.93 bits per heavy atom. The topological polar surface area (TPSA) is 21.1 Å². The maximum absolute atomic E-state index is 5.98. The molecule has 3 nitrogen and oxygen atoms in total. The number of rotatable bonds is 3. The Labute approximate surface area is 96.0 Å². The summed E-state index contributed by atoms with van der Waals surface area (Å²) in [5.41, 5.74) is 1.45. The van der Waals surface area contributed by atoms with Crippen molar-refractivity contribution in [3.05, 3.63) is 18.0 Å². The van der Waals surface area contributed by atoms with Gasteiger partial charge in [-0.1, -0.05) is 6.92 Å². The van der Waals surface area contributed by atoms with E-state index in [9.17, 15) is 0 Å². The van der Waals surface area contributed by atoms with Crippen LogP contribution in [0, 0.1) is 5.41 Å². The first-order valence-electron chi connectivity index (χ1n) is 5.38. The lowest BCUT2D eigenvalue weighted by atomic mass is 9.93. The van der Waals surface area contributed by atoms with Gasteiger partial charge in [0.15, 0.2) is 0 Å². The van der Waals surface area contributed by atoms with Crippen molar-refractivity contribution in [1.82, 2.24) is 14.7 Å². The Hall–Kier alpha value is -0.540. The quantitative estimate of drug-likeness (QED) is 0.736. The van der Waals surface area contributed by atoms with Crippen LogP contribution < -0.4 is 0 Å². The van der Waals surface area contributed by atoms with Crippen molar-refractivity contribution in [2.75, 3.05) is 19.0 Å². The fourth-order valence-corrected chi connectivity index (χ4v) is 2.36. The Morgan fingerprint density at radius 2 is 2.40 bits per heavy atom. The summed E-state index contributed by atoms with van der Waals surface area (Å²) in [6, 6.07) is 2.08. The molecule has 1 aliphatic rings. The smallest absolute Gasteiger partial charge is 0.0764 e. The van der Waals surface area contributed by atoms with Gasteiger partial charge in [-0.3, -0.25) is 9.58 Å². The summed E-state index contributed by atoms with van der Waals surface area (Å²) in [6.45, 7) is 5.44. The first-order chi connectivity index (χ1) is 7.11. The second kappa shape index (κ2) is 4.14. The highest BCUT2D eigenvalue weighted by atomic mass is 35.5. The number of alkyl halides is 1. The first kappa shape index (κ1) is 11.0. The monoisotopic (exact) mass is 227 g/mol. The van der Waals surface area contributed by atoms with Gasteiger partial charge < -0.3 is 0 Å². The minimum Gasteiger partial charge on any atom is -0.297 e. The predicted molar refractivity (Wildman–Crippen MR) is 61.9 cm³/mol. The van der Waals surface area contributed by atoms with Crippen LogP contribution in [-0.4, -0.2) is 33.6 Å². The van der Waals surface area contributed by atoms with E-state index in [1.165, 1.54) is 6.42 Å². The van der Waals surface area contributed by atoms with Gasteiger partial charge in [0.05, 0.1) is 5.69 Å². The molecule has 84 valence electrons. The van der Waals surface area contributed by atoms with Gasteiger partial charge in [-0.2, -0.15) is 5.10 Å². The van der Waals surface area contributed by atoms with Crippen molar-refractivity contribution >= 4 is 11.6 Å². The molecule has 1 aliphatic heterocycles. The molecular weight excluding hydrogens is 210 g/mol. The zero-order valence-corrected chi connectivity index (χ0v) is 10.2. The van der Waals surface area contributed by atoms with Crippen molar-refractivity contribution in [2.24, 2.45) is 12.5 Å². The van der Waals surface area contributed by atoms with Crippen molar-refractivity contribution in [3.63, 3.8) is 0 Å². The van der Waals surface area contributed by atoms with E-state index in [1.807, 2.05) is 17.9 Å². The summed E-state index contributed by atoms with van der Waals surface area (Å²) in [4.78, 5) is 2.44. The Bertz CT molecular complexity index is 336. The summed E-state index contributed by atoms with van der Waals surface area (Å²) >= 11 is 5.98. The highest BCUT2D eigenvalue weighted by Crippen LogP contribution is 2.31. The third-order valence-corrected chi connectivity index (χ3v) is 3.76. The summed E-state index contributed by atoms with van der Waals surface area (Å²) < 4.78 is 1.85. The zero-order chi connectivity index (χ0) is 10.9. The molecule has 0 bridgehead atoms. The molecule has 15 heavy (non-hydrogen) atoms. The maximum atomic E-state index is 5.98. The van der Waals surface area contributed by atoms with Gasteiger partial charge in [0, 0.05) is 32.2 Å². The number of aromatic nitrogens is 2. The number of likely N-dealkylation sites (tertiary alicyclic amines) is 1. The molecule has 2 rings (SSSR count). The fourth-order valence-electron chi connectivity index (χ4n) is 2.15. The Kier molecular flexibility index (Phi) is 3.03. The predicted octanol–water partition coefficient (Wildman–Crippen LogP) is 1.87. The summed E-state index contributed by atoms with van der Waals surface area (Å²) in [5.74, 6) is 0.756. The lowest BCUT2D eigenvalue weighted by Crippen LogP contribution is -2.26. The van der Waals surface area contributed by atoms with Crippen molar-refractivity contribution in [2.45, 2.75) is 19.9 Å². The molecule has 0 amide bonds. The average molecular weight is 228 g/mol. The number of nitrogens with zero attached hydrogens (tertiary/aromatic N) is 3. The molecule has 0 saturated carbocycles. The SMILES string of the molecule is Cn1ccc(CN2CCC(C)(CCl)C2)n1. The Morgan fingerprint density at radius 1 is 1.60 bits per heavy atom. The average Bonchev–Trinajstić information content (AvgIpc) is 2.76. The molecule has 2 heterocycles. The van der Waals surface area contributed by atoms with Gasteiger partial charge in [0.1, 0.15) is 0 Å². The number of hydrogen-bond acceptors (Lipinski definition) is 2. The van der Waals surface area contributed by atoms with Gasteiger partial charge in [-0.25, -0.2) is 0 Å². The van der Waals surface area contributed by atoms with E-state index in [2.05, 4.69) is 23.0 Å². The molecule has 0 radical (unpaired) electrons. The van der Waals surface area contributed by atoms with E-state index in [0.29, 0.717) is 5.41 Å². The van der Waals surface area contributed by atoms with Gasteiger partial charge in [-0.15, -0.1) is 11.6 Å². The van der Waals surface area contributed by atoms with Gasteiger partial charge in [0.25, 0.3) is 0 Å². The number of hydrogen-bond donors (Lipinski definition) is 0. The number of aryl methyl sites for hydroxylation is 1. The second-order valence-electron chi connectivity index (χ2n) is 4.89. The van der Waals surface area contributed by atoms with Crippen LogP contribution in [0.2, 0.25) is 0 Å². The van der Waals surface area contributed by atoms with Gasteiger partial charge in [0.2, 0.25) is 0 Å². The lowest BCUT2D eigenvalue weighted by molar-refractivity contribution is 0.283. The van der Waals surface area contributed by atoms with E-state index >= 15 is 0 Å². The van der Waals surface area contributed by atoms with Crippen LogP contribution >= 0.6 is 11.6 Å². The van der Waals surface area contributed by atoms with Crippen molar-refractivity contribution < 1.29 is 0 Å². The minimum absolute atomic E-state index is 0.302. The van der Waals surface area contributed by atoms with Crippen LogP contribution in [0.1, 0.15) is 19.0 Å². The largest absolute Gasteiger partial charge is 0.297 e. The van der Waals surface area contributed by atoms with Crippen LogP contribution in [0.4, 0.5) is 0 Å². The van der Waals surface area contributed by atoms with Crippen LogP contribution in [0.3, 0.4) is 0 Å². The zero-order valence-electron chi connectivity index (χ0n) is 9.41. The standard InChI is InChI=1S/C11H18ClN3/c1-11(8-12)4-6-15(9-11)7-10-3-5-14(2)13-10/h3,5H,4,6-9H2,1-2H3. The Balaban J connectivity index is 1.92. The summed E-state index contributed by atoms with van der Waals surface area (Å²) in [5, 5.41) is 4.39. The molecule has 1 unspecified atom stereocenters. The fraction of sp³-hybridized carbons (Fsp3) is 0.727. The van der Waals surface area contributed by atoms with E-state index < -0.39 is 0 Å². The van der Waals surface area contributed by atoms with E-state index in [0.717, 1.165) is 31.2 Å². The minimum atomic E-state index is 0.302. The van der Waals surface area contributed by atoms with E-state index in [4.69, 9.17) is 11.6 Å². The van der Waals surface area contributed by atoms with E-state index in [1.54, 1.807) is 0 Å². The highest BCUT2D eigenvalue weighted by Gasteiger charge is 2.32. The van der Waals surface area contributed by atoms with Crippen LogP contribution in [0.15, 0.2) is 12.3 Å². The van der Waals surface area contributed by atoms with Crippen LogP contribution in [0.25, 0.3) is 0 Å². The van der Waals surface area contributed by atoms with E-state index in [-0.39, 0.29) is 0 Å². The third kappa shape index (κ3) is 2.52. The molecular formula is C11H18ClN3. The molecule has 0 N–H and O–H groups in total. The molecule has 0 aromatic carbocycles. The molecule has 1 aromatic rings. The highest BCUT2D eigenvalue weighted by molar-refractivity contribution is 6.18. The van der Waals surface area contributed by atoms with Crippen LogP contribution in [-0.2, 0) is 13.6 Å². The molecule has 1 saturated heterocycles. The summed E-state index contributed by atoms with van der Waals surface area (Å²) in [7, 11) is 1.95. The molecule has 1 fully saturated rings. The van der Waals surface area contributed by atoms with Gasteiger partial charge >= 0.3 is 0 Å². The molecule has 0 spiro atoms. The van der Waals surface area contributed by atoms with Gasteiger partial charge in [-0.05, 0) is 24.4 Å². The molecule has 1 atom stereocenters. The molecule has 1 aromatic heterocycles. The van der Waals surface area contributed by atoms with Crippen molar-refractivity contribution in [1.29, 1.82) is 0 Å². The molecule has 4 heteroatoms. The maximum Gasteiger partial charge on any atom is 0.0764 e. The van der Waals surface area contributed by atoms with Crippen LogP contribution in [0.5, 0.6) is 0 Å². The third-order valence-electron chi connectivity index (χ3n) is 3.11. The first-order valence-corrected chi connectivity index (χ1v) is 5.92. The number of halogens is 1. The molecule has 0 aliphatic carbocycles.